The average Bonchev–Trinajstić information content (AvgIpc) is 2.77. The van der Waals surface area contributed by atoms with Crippen molar-refractivity contribution in [1.82, 2.24) is 4.72 Å². The number of hydrogen-bond donors (Lipinski definition) is 2. The lowest BCUT2D eigenvalue weighted by Gasteiger charge is -2.15. The highest BCUT2D eigenvalue weighted by Crippen LogP contribution is 2.24. The summed E-state index contributed by atoms with van der Waals surface area (Å²) >= 11 is 0. The second-order valence-corrected chi connectivity index (χ2v) is 6.88. The van der Waals surface area contributed by atoms with Gasteiger partial charge in [0.05, 0.1) is 5.25 Å². The Morgan fingerprint density at radius 1 is 1.41 bits per heavy atom. The van der Waals surface area contributed by atoms with Crippen molar-refractivity contribution in [2.24, 2.45) is 5.92 Å². The Morgan fingerprint density at radius 2 is 2.00 bits per heavy atom. The summed E-state index contributed by atoms with van der Waals surface area (Å²) in [6, 6.07) is 0. The van der Waals surface area contributed by atoms with Crippen LogP contribution < -0.4 is 4.72 Å². The van der Waals surface area contributed by atoms with E-state index in [4.69, 9.17) is 5.11 Å². The number of sulfonamides is 1. The molecular formula is C11H21NO4S. The van der Waals surface area contributed by atoms with E-state index in [9.17, 15) is 13.2 Å². The van der Waals surface area contributed by atoms with Gasteiger partial charge in [0.2, 0.25) is 10.0 Å². The van der Waals surface area contributed by atoms with Crippen molar-refractivity contribution in [3.05, 3.63) is 0 Å². The molecule has 0 aromatic heterocycles. The van der Waals surface area contributed by atoms with Crippen LogP contribution in [0.2, 0.25) is 0 Å². The minimum absolute atomic E-state index is 0.0577. The van der Waals surface area contributed by atoms with Gasteiger partial charge in [0.15, 0.2) is 0 Å². The Bertz CT molecular complexity index is 346. The van der Waals surface area contributed by atoms with E-state index in [0.29, 0.717) is 13.0 Å². The fraction of sp³-hybridized carbons (Fsp3) is 0.909. The van der Waals surface area contributed by atoms with Crippen molar-refractivity contribution in [3.8, 4) is 0 Å². The van der Waals surface area contributed by atoms with E-state index >= 15 is 0 Å². The zero-order valence-corrected chi connectivity index (χ0v) is 11.0. The highest BCUT2D eigenvalue weighted by molar-refractivity contribution is 7.90. The molecular weight excluding hydrogens is 242 g/mol. The molecule has 100 valence electrons. The lowest BCUT2D eigenvalue weighted by Crippen LogP contribution is -2.35. The van der Waals surface area contributed by atoms with Crippen molar-refractivity contribution in [3.63, 3.8) is 0 Å². The van der Waals surface area contributed by atoms with Gasteiger partial charge in [-0.25, -0.2) is 13.1 Å². The molecule has 0 aromatic rings. The topological polar surface area (TPSA) is 83.5 Å². The van der Waals surface area contributed by atoms with E-state index in [-0.39, 0.29) is 17.6 Å². The van der Waals surface area contributed by atoms with Crippen molar-refractivity contribution < 1.29 is 18.3 Å². The van der Waals surface area contributed by atoms with Gasteiger partial charge < -0.3 is 5.11 Å². The van der Waals surface area contributed by atoms with Gasteiger partial charge in [-0.1, -0.05) is 19.8 Å². The van der Waals surface area contributed by atoms with E-state index in [2.05, 4.69) is 4.72 Å². The van der Waals surface area contributed by atoms with Crippen LogP contribution in [0.1, 0.15) is 45.4 Å². The van der Waals surface area contributed by atoms with Gasteiger partial charge >= 0.3 is 5.97 Å². The standard InChI is InChI=1S/C11H21NO4S/c1-9(6-7-11(13)14)8-12-17(15,16)10-4-2-3-5-10/h9-10,12H,2-8H2,1H3,(H,13,14). The zero-order chi connectivity index (χ0) is 12.9. The molecule has 0 saturated heterocycles. The third kappa shape index (κ3) is 5.04. The average molecular weight is 263 g/mol. The molecule has 0 amide bonds. The summed E-state index contributed by atoms with van der Waals surface area (Å²) in [6.07, 6.45) is 4.06. The normalized spacial score (nSPS) is 19.4. The first-order valence-corrected chi connectivity index (χ1v) is 7.66. The first-order chi connectivity index (χ1) is 7.92. The van der Waals surface area contributed by atoms with Crippen LogP contribution in [0.25, 0.3) is 0 Å². The van der Waals surface area contributed by atoms with E-state index in [1.807, 2.05) is 6.92 Å². The van der Waals surface area contributed by atoms with E-state index in [0.717, 1.165) is 25.7 Å². The smallest absolute Gasteiger partial charge is 0.303 e. The molecule has 0 aliphatic heterocycles. The maximum absolute atomic E-state index is 11.8. The molecule has 0 spiro atoms. The quantitative estimate of drug-likeness (QED) is 0.726. The summed E-state index contributed by atoms with van der Waals surface area (Å²) in [5.41, 5.74) is 0. The second kappa shape index (κ2) is 6.35. The number of carboxylic acid groups (broad SMARTS) is 1. The number of aliphatic carboxylic acids is 1. The first-order valence-electron chi connectivity index (χ1n) is 6.12. The van der Waals surface area contributed by atoms with Crippen LogP contribution in [0.3, 0.4) is 0 Å². The summed E-state index contributed by atoms with van der Waals surface area (Å²) in [4.78, 5) is 10.4. The van der Waals surface area contributed by atoms with Gasteiger partial charge in [-0.3, -0.25) is 4.79 Å². The van der Waals surface area contributed by atoms with Crippen LogP contribution in [0, 0.1) is 5.92 Å². The van der Waals surface area contributed by atoms with Crippen molar-refractivity contribution in [2.75, 3.05) is 6.54 Å². The second-order valence-electron chi connectivity index (χ2n) is 4.84. The third-order valence-corrected chi connectivity index (χ3v) is 5.14. The van der Waals surface area contributed by atoms with Crippen LogP contribution in [0.5, 0.6) is 0 Å². The summed E-state index contributed by atoms with van der Waals surface area (Å²) in [7, 11) is -3.19. The molecule has 17 heavy (non-hydrogen) atoms. The first kappa shape index (κ1) is 14.4. The summed E-state index contributed by atoms with van der Waals surface area (Å²) in [6.45, 7) is 2.20. The Kier molecular flexibility index (Phi) is 5.39. The van der Waals surface area contributed by atoms with Gasteiger partial charge in [-0.2, -0.15) is 0 Å². The molecule has 0 heterocycles. The van der Waals surface area contributed by atoms with Crippen molar-refractivity contribution in [1.29, 1.82) is 0 Å². The molecule has 6 heteroatoms. The third-order valence-electron chi connectivity index (χ3n) is 3.23. The fourth-order valence-corrected chi connectivity index (χ4v) is 3.75. The minimum Gasteiger partial charge on any atom is -0.481 e. The van der Waals surface area contributed by atoms with Gasteiger partial charge in [0, 0.05) is 13.0 Å². The molecule has 0 bridgehead atoms. The summed E-state index contributed by atoms with van der Waals surface area (Å²) in [5, 5.41) is 8.28. The number of hydrogen-bond acceptors (Lipinski definition) is 3. The number of nitrogens with one attached hydrogen (secondary N) is 1. The Morgan fingerprint density at radius 3 is 2.53 bits per heavy atom. The molecule has 1 aliphatic rings. The van der Waals surface area contributed by atoms with Gasteiger partial charge in [0.1, 0.15) is 0 Å². The number of carbonyl (C=O) groups is 1. The summed E-state index contributed by atoms with van der Waals surface area (Å²) < 4.78 is 26.3. The SMILES string of the molecule is CC(CCC(=O)O)CNS(=O)(=O)C1CCCC1. The largest absolute Gasteiger partial charge is 0.481 e. The van der Waals surface area contributed by atoms with Crippen LogP contribution in [-0.4, -0.2) is 31.3 Å². The number of carboxylic acids is 1. The molecule has 1 unspecified atom stereocenters. The highest BCUT2D eigenvalue weighted by atomic mass is 32.2. The van der Waals surface area contributed by atoms with Crippen LogP contribution in [-0.2, 0) is 14.8 Å². The fourth-order valence-electron chi connectivity index (χ4n) is 2.05. The van der Waals surface area contributed by atoms with Crippen molar-refractivity contribution >= 4 is 16.0 Å². The van der Waals surface area contributed by atoms with Gasteiger partial charge in [-0.05, 0) is 25.2 Å². The molecule has 1 fully saturated rings. The molecule has 0 radical (unpaired) electrons. The molecule has 1 saturated carbocycles. The molecule has 1 aliphatic carbocycles. The minimum atomic E-state index is -3.19. The molecule has 5 nitrogen and oxygen atoms in total. The Balaban J connectivity index is 2.31. The Labute approximate surface area is 103 Å². The lowest BCUT2D eigenvalue weighted by molar-refractivity contribution is -0.137. The molecule has 2 N–H and O–H groups in total. The molecule has 0 aromatic carbocycles. The predicted octanol–water partition coefficient (Wildman–Crippen LogP) is 1.35. The monoisotopic (exact) mass is 263 g/mol. The van der Waals surface area contributed by atoms with Crippen LogP contribution in [0.15, 0.2) is 0 Å². The molecule has 1 atom stereocenters. The van der Waals surface area contributed by atoms with Crippen LogP contribution >= 0.6 is 0 Å². The lowest BCUT2D eigenvalue weighted by atomic mass is 10.1. The zero-order valence-electron chi connectivity index (χ0n) is 10.2. The Hall–Kier alpha value is -0.620. The predicted molar refractivity (Wildman–Crippen MR) is 65.2 cm³/mol. The van der Waals surface area contributed by atoms with E-state index in [1.165, 1.54) is 0 Å². The summed E-state index contributed by atoms with van der Waals surface area (Å²) in [5.74, 6) is -0.780. The molecule has 1 rings (SSSR count). The van der Waals surface area contributed by atoms with Crippen molar-refractivity contribution in [2.45, 2.75) is 50.7 Å². The maximum Gasteiger partial charge on any atom is 0.303 e. The highest BCUT2D eigenvalue weighted by Gasteiger charge is 2.28. The van der Waals surface area contributed by atoms with E-state index in [1.54, 1.807) is 0 Å². The van der Waals surface area contributed by atoms with E-state index < -0.39 is 16.0 Å². The van der Waals surface area contributed by atoms with Gasteiger partial charge in [-0.15, -0.1) is 0 Å². The number of rotatable bonds is 7. The van der Waals surface area contributed by atoms with Crippen LogP contribution in [0.4, 0.5) is 0 Å². The van der Waals surface area contributed by atoms with Gasteiger partial charge in [0.25, 0.3) is 0 Å². The maximum atomic E-state index is 11.8.